The molecule has 4 nitrogen and oxygen atoms in total. The molecule has 18 heavy (non-hydrogen) atoms. The summed E-state index contributed by atoms with van der Waals surface area (Å²) in [7, 11) is 1.65. The average molecular weight is 246 g/mol. The van der Waals surface area contributed by atoms with E-state index in [1.807, 2.05) is 38.1 Å². The summed E-state index contributed by atoms with van der Waals surface area (Å²) in [5, 5.41) is 16.8. The number of aromatic nitrogens is 2. The number of methoxy groups -OCH3 is 1. The van der Waals surface area contributed by atoms with Gasteiger partial charge in [0.25, 0.3) is 0 Å². The van der Waals surface area contributed by atoms with Crippen LogP contribution >= 0.6 is 0 Å². The van der Waals surface area contributed by atoms with Crippen molar-refractivity contribution in [3.63, 3.8) is 0 Å². The number of benzene rings is 1. The van der Waals surface area contributed by atoms with Gasteiger partial charge in [0, 0.05) is 5.56 Å². The molecule has 2 rings (SSSR count). The van der Waals surface area contributed by atoms with Crippen molar-refractivity contribution in [2.75, 3.05) is 7.11 Å². The number of hydrogen-bond acceptors (Lipinski definition) is 3. The van der Waals surface area contributed by atoms with Crippen LogP contribution in [-0.4, -0.2) is 22.4 Å². The maximum Gasteiger partial charge on any atom is 0.128 e. The summed E-state index contributed by atoms with van der Waals surface area (Å²) in [6.07, 6.45) is 0.126. The molecule has 1 unspecified atom stereocenters. The van der Waals surface area contributed by atoms with Gasteiger partial charge in [-0.15, -0.1) is 0 Å². The predicted octanol–water partition coefficient (Wildman–Crippen LogP) is 2.84. The molecule has 0 aliphatic rings. The predicted molar refractivity (Wildman–Crippen MR) is 70.6 cm³/mol. The molecule has 0 aliphatic carbocycles. The third-order valence-corrected chi connectivity index (χ3v) is 2.97. The number of aliphatic hydroxyl groups is 1. The monoisotopic (exact) mass is 246 g/mol. The molecular formula is C14H18N2O2. The molecular weight excluding hydrogens is 228 g/mol. The molecule has 2 N–H and O–H groups in total. The molecule has 0 amide bonds. The van der Waals surface area contributed by atoms with Crippen molar-refractivity contribution in [3.05, 3.63) is 35.5 Å². The Morgan fingerprint density at radius 2 is 2.17 bits per heavy atom. The first kappa shape index (κ1) is 12.6. The minimum atomic E-state index is -0.522. The summed E-state index contributed by atoms with van der Waals surface area (Å²) in [6.45, 7) is 3.94. The lowest BCUT2D eigenvalue weighted by Gasteiger charge is -2.07. The Morgan fingerprint density at radius 3 is 2.83 bits per heavy atom. The zero-order chi connectivity index (χ0) is 13.1. The average Bonchev–Trinajstić information content (AvgIpc) is 2.87. The van der Waals surface area contributed by atoms with Crippen molar-refractivity contribution in [2.45, 2.75) is 26.4 Å². The van der Waals surface area contributed by atoms with Gasteiger partial charge in [-0.1, -0.05) is 13.0 Å². The third kappa shape index (κ3) is 2.38. The Morgan fingerprint density at radius 1 is 1.39 bits per heavy atom. The van der Waals surface area contributed by atoms with Crippen molar-refractivity contribution in [3.8, 4) is 17.0 Å². The number of nitrogens with one attached hydrogen (secondary N) is 1. The number of H-pyrrole nitrogens is 1. The number of nitrogens with zero attached hydrogens (tertiary/aromatic N) is 1. The van der Waals surface area contributed by atoms with Crippen LogP contribution in [0, 0.1) is 6.92 Å². The van der Waals surface area contributed by atoms with E-state index in [1.54, 1.807) is 7.11 Å². The molecule has 0 radical (unpaired) electrons. The van der Waals surface area contributed by atoms with Gasteiger partial charge in [0.15, 0.2) is 0 Å². The molecule has 4 heteroatoms. The summed E-state index contributed by atoms with van der Waals surface area (Å²) in [4.78, 5) is 0. The van der Waals surface area contributed by atoms with Crippen LogP contribution in [-0.2, 0) is 0 Å². The van der Waals surface area contributed by atoms with E-state index < -0.39 is 6.10 Å². The smallest absolute Gasteiger partial charge is 0.128 e. The Kier molecular flexibility index (Phi) is 3.67. The van der Waals surface area contributed by atoms with Crippen LogP contribution in [0.15, 0.2) is 24.3 Å². The van der Waals surface area contributed by atoms with Crippen LogP contribution in [0.25, 0.3) is 11.3 Å². The van der Waals surface area contributed by atoms with Crippen LogP contribution in [0.1, 0.15) is 30.7 Å². The Balaban J connectivity index is 2.39. The quantitative estimate of drug-likeness (QED) is 0.872. The van der Waals surface area contributed by atoms with Gasteiger partial charge in [0.1, 0.15) is 5.75 Å². The largest absolute Gasteiger partial charge is 0.496 e. The lowest BCUT2D eigenvalue weighted by molar-refractivity contribution is 0.169. The van der Waals surface area contributed by atoms with Crippen molar-refractivity contribution >= 4 is 0 Å². The SMILES string of the molecule is CCC(O)c1cc(-c2ccc(C)cc2OC)[nH]n1. The Bertz CT molecular complexity index is 534. The van der Waals surface area contributed by atoms with E-state index in [9.17, 15) is 5.11 Å². The van der Waals surface area contributed by atoms with E-state index in [0.717, 1.165) is 22.6 Å². The number of aliphatic hydroxyl groups excluding tert-OH is 1. The van der Waals surface area contributed by atoms with E-state index in [-0.39, 0.29) is 0 Å². The molecule has 0 spiro atoms. The van der Waals surface area contributed by atoms with Crippen molar-refractivity contribution in [1.82, 2.24) is 10.2 Å². The fourth-order valence-corrected chi connectivity index (χ4v) is 1.88. The molecule has 0 aliphatic heterocycles. The van der Waals surface area contributed by atoms with Gasteiger partial charge in [0.05, 0.1) is 24.6 Å². The van der Waals surface area contributed by atoms with Crippen LogP contribution in [0.3, 0.4) is 0 Å². The molecule has 0 saturated carbocycles. The van der Waals surface area contributed by atoms with Crippen molar-refractivity contribution in [2.24, 2.45) is 0 Å². The number of aromatic amines is 1. The number of rotatable bonds is 4. The second kappa shape index (κ2) is 5.23. The van der Waals surface area contributed by atoms with Gasteiger partial charge in [0.2, 0.25) is 0 Å². The lowest BCUT2D eigenvalue weighted by Crippen LogP contribution is -1.94. The second-order valence-corrected chi connectivity index (χ2v) is 4.33. The van der Waals surface area contributed by atoms with Crippen LogP contribution in [0.5, 0.6) is 5.75 Å². The molecule has 96 valence electrons. The third-order valence-electron chi connectivity index (χ3n) is 2.97. The molecule has 1 atom stereocenters. The summed E-state index contributed by atoms with van der Waals surface area (Å²) in [6, 6.07) is 7.85. The summed E-state index contributed by atoms with van der Waals surface area (Å²) in [5.41, 5.74) is 3.61. The molecule has 1 aromatic heterocycles. The van der Waals surface area contributed by atoms with Crippen LogP contribution < -0.4 is 4.74 Å². The zero-order valence-electron chi connectivity index (χ0n) is 10.9. The molecule has 0 saturated heterocycles. The standard InChI is InChI=1S/C14H18N2O2/c1-4-13(17)12-8-11(15-16-12)10-6-5-9(2)7-14(10)18-3/h5-8,13,17H,4H2,1-3H3,(H,15,16). The first-order valence-corrected chi connectivity index (χ1v) is 6.04. The number of hydrogen-bond donors (Lipinski definition) is 2. The fraction of sp³-hybridized carbons (Fsp3) is 0.357. The van der Waals surface area contributed by atoms with Crippen LogP contribution in [0.2, 0.25) is 0 Å². The second-order valence-electron chi connectivity index (χ2n) is 4.33. The van der Waals surface area contributed by atoms with Crippen LogP contribution in [0.4, 0.5) is 0 Å². The van der Waals surface area contributed by atoms with E-state index in [2.05, 4.69) is 10.2 Å². The summed E-state index contributed by atoms with van der Waals surface area (Å²) >= 11 is 0. The first-order chi connectivity index (χ1) is 8.65. The first-order valence-electron chi connectivity index (χ1n) is 6.04. The van der Waals surface area contributed by atoms with Crippen molar-refractivity contribution in [1.29, 1.82) is 0 Å². The topological polar surface area (TPSA) is 58.1 Å². The Hall–Kier alpha value is -1.81. The van der Waals surface area contributed by atoms with E-state index in [4.69, 9.17) is 4.74 Å². The van der Waals surface area contributed by atoms with Gasteiger partial charge in [-0.25, -0.2) is 0 Å². The maximum atomic E-state index is 9.75. The minimum absolute atomic E-state index is 0.522. The highest BCUT2D eigenvalue weighted by Crippen LogP contribution is 2.30. The number of aryl methyl sites for hydroxylation is 1. The zero-order valence-corrected chi connectivity index (χ0v) is 10.9. The molecule has 0 bridgehead atoms. The van der Waals surface area contributed by atoms with Gasteiger partial charge >= 0.3 is 0 Å². The highest BCUT2D eigenvalue weighted by Gasteiger charge is 2.13. The number of ether oxygens (including phenoxy) is 1. The molecule has 1 aromatic carbocycles. The Labute approximate surface area is 107 Å². The van der Waals surface area contributed by atoms with Gasteiger partial charge in [-0.2, -0.15) is 5.10 Å². The normalized spacial score (nSPS) is 12.4. The minimum Gasteiger partial charge on any atom is -0.496 e. The summed E-state index contributed by atoms with van der Waals surface area (Å²) < 4.78 is 5.37. The van der Waals surface area contributed by atoms with Gasteiger partial charge < -0.3 is 9.84 Å². The molecule has 0 fully saturated rings. The highest BCUT2D eigenvalue weighted by molar-refractivity contribution is 5.68. The van der Waals surface area contributed by atoms with E-state index in [0.29, 0.717) is 12.1 Å². The van der Waals surface area contributed by atoms with E-state index >= 15 is 0 Å². The highest BCUT2D eigenvalue weighted by atomic mass is 16.5. The summed E-state index contributed by atoms with van der Waals surface area (Å²) in [5.74, 6) is 0.802. The fourth-order valence-electron chi connectivity index (χ4n) is 1.88. The van der Waals surface area contributed by atoms with Crippen molar-refractivity contribution < 1.29 is 9.84 Å². The molecule has 2 aromatic rings. The lowest BCUT2D eigenvalue weighted by atomic mass is 10.1. The van der Waals surface area contributed by atoms with Gasteiger partial charge in [-0.05, 0) is 37.1 Å². The van der Waals surface area contributed by atoms with E-state index in [1.165, 1.54) is 0 Å². The maximum absolute atomic E-state index is 9.75. The van der Waals surface area contributed by atoms with Gasteiger partial charge in [-0.3, -0.25) is 5.10 Å². The molecule has 1 heterocycles.